The number of rotatable bonds is 4. The molecule has 0 radical (unpaired) electrons. The Hall–Kier alpha value is -2.18. The summed E-state index contributed by atoms with van der Waals surface area (Å²) in [6, 6.07) is 11.1. The van der Waals surface area contributed by atoms with Crippen molar-refractivity contribution in [2.75, 3.05) is 6.61 Å². The van der Waals surface area contributed by atoms with Gasteiger partial charge in [0.25, 0.3) is 5.56 Å². The van der Waals surface area contributed by atoms with Gasteiger partial charge < -0.3 is 9.30 Å². The van der Waals surface area contributed by atoms with E-state index in [1.807, 2.05) is 37.3 Å². The van der Waals surface area contributed by atoms with Crippen LogP contribution >= 0.6 is 11.6 Å². The van der Waals surface area contributed by atoms with Crippen molar-refractivity contribution in [1.82, 2.24) is 4.57 Å². The lowest BCUT2D eigenvalue weighted by molar-refractivity contribution is 0.370. The molecule has 0 saturated carbocycles. The summed E-state index contributed by atoms with van der Waals surface area (Å²) >= 11 is 5.88. The fraction of sp³-hybridized carbons (Fsp3) is 0.235. The Balaban J connectivity index is 2.32. The Bertz CT molecular complexity index is 736. The van der Waals surface area contributed by atoms with Crippen LogP contribution in [0.25, 0.3) is 11.3 Å². The van der Waals surface area contributed by atoms with Gasteiger partial charge in [0, 0.05) is 6.54 Å². The lowest BCUT2D eigenvalue weighted by atomic mass is 10.1. The van der Waals surface area contributed by atoms with Crippen molar-refractivity contribution >= 4 is 11.6 Å². The van der Waals surface area contributed by atoms with E-state index >= 15 is 0 Å². The molecule has 0 fully saturated rings. The molecule has 0 amide bonds. The summed E-state index contributed by atoms with van der Waals surface area (Å²) in [5.41, 5.74) is 1.61. The Kier molecular flexibility index (Phi) is 5.08. The second kappa shape index (κ2) is 7.01. The number of benzene rings is 1. The molecule has 0 atom stereocenters. The third-order valence-corrected chi connectivity index (χ3v) is 3.37. The predicted octanol–water partition coefficient (Wildman–Crippen LogP) is 3.59. The fourth-order valence-corrected chi connectivity index (χ4v) is 2.20. The third-order valence-electron chi connectivity index (χ3n) is 3.08. The topological polar surface area (TPSA) is 31.2 Å². The monoisotopic (exact) mass is 301 g/mol. The molecule has 0 aliphatic rings. The van der Waals surface area contributed by atoms with Gasteiger partial charge in [-0.05, 0) is 55.8 Å². The van der Waals surface area contributed by atoms with Crippen molar-refractivity contribution in [1.29, 1.82) is 0 Å². The van der Waals surface area contributed by atoms with Crippen LogP contribution in [0.3, 0.4) is 0 Å². The predicted molar refractivity (Wildman–Crippen MR) is 85.8 cm³/mol. The van der Waals surface area contributed by atoms with E-state index in [0.717, 1.165) is 17.0 Å². The molecule has 1 heterocycles. The van der Waals surface area contributed by atoms with E-state index in [0.29, 0.717) is 13.2 Å². The molecule has 0 N–H and O–H groups in total. The first kappa shape index (κ1) is 15.2. The van der Waals surface area contributed by atoms with Gasteiger partial charge in [0.05, 0.1) is 5.69 Å². The molecule has 21 heavy (non-hydrogen) atoms. The van der Waals surface area contributed by atoms with Crippen LogP contribution in [0.4, 0.5) is 0 Å². The quantitative estimate of drug-likeness (QED) is 0.808. The normalized spacial score (nSPS) is 9.86. The highest BCUT2D eigenvalue weighted by atomic mass is 35.5. The fourth-order valence-electron chi connectivity index (χ4n) is 2.03. The van der Waals surface area contributed by atoms with Gasteiger partial charge in [-0.25, -0.2) is 0 Å². The first-order valence-corrected chi connectivity index (χ1v) is 7.07. The maximum atomic E-state index is 12.0. The van der Waals surface area contributed by atoms with E-state index in [1.54, 1.807) is 17.6 Å². The van der Waals surface area contributed by atoms with Crippen LogP contribution in [0.2, 0.25) is 5.02 Å². The average molecular weight is 302 g/mol. The molecule has 3 nitrogen and oxygen atoms in total. The van der Waals surface area contributed by atoms with E-state index in [4.69, 9.17) is 16.3 Å². The number of nitrogens with zero attached hydrogens (tertiary/aromatic N) is 1. The van der Waals surface area contributed by atoms with Gasteiger partial charge in [-0.3, -0.25) is 4.79 Å². The molecular formula is C17H16ClNO2. The molecule has 0 unspecified atom stereocenters. The van der Waals surface area contributed by atoms with Crippen molar-refractivity contribution in [3.8, 4) is 28.8 Å². The molecular weight excluding hydrogens is 286 g/mol. The average Bonchev–Trinajstić information content (AvgIpc) is 2.51. The molecule has 0 aliphatic carbocycles. The molecule has 0 aliphatic heterocycles. The highest BCUT2D eigenvalue weighted by Crippen LogP contribution is 2.22. The molecule has 1 aromatic carbocycles. The summed E-state index contributed by atoms with van der Waals surface area (Å²) in [6.07, 6.45) is 0. The summed E-state index contributed by atoms with van der Waals surface area (Å²) < 4.78 is 7.13. The maximum absolute atomic E-state index is 12.0. The number of hydrogen-bond donors (Lipinski definition) is 0. The summed E-state index contributed by atoms with van der Waals surface area (Å²) in [5, 5.41) is 0.235. The van der Waals surface area contributed by atoms with E-state index in [1.165, 1.54) is 0 Å². The number of ether oxygens (including phenoxy) is 1. The smallest absolute Gasteiger partial charge is 0.269 e. The molecule has 1 aromatic heterocycles. The largest absolute Gasteiger partial charge is 0.481 e. The first-order valence-electron chi connectivity index (χ1n) is 6.69. The molecule has 2 rings (SSSR count). The van der Waals surface area contributed by atoms with Crippen molar-refractivity contribution in [2.45, 2.75) is 20.4 Å². The van der Waals surface area contributed by atoms with Gasteiger partial charge in [-0.15, -0.1) is 5.92 Å². The minimum Gasteiger partial charge on any atom is -0.481 e. The lowest BCUT2D eigenvalue weighted by Crippen LogP contribution is -2.20. The van der Waals surface area contributed by atoms with Gasteiger partial charge >= 0.3 is 0 Å². The number of pyridine rings is 1. The van der Waals surface area contributed by atoms with E-state index in [2.05, 4.69) is 11.8 Å². The highest BCUT2D eigenvalue weighted by Gasteiger charge is 2.08. The molecule has 2 aromatic rings. The summed E-state index contributed by atoms with van der Waals surface area (Å²) in [7, 11) is 0. The summed E-state index contributed by atoms with van der Waals surface area (Å²) in [5.74, 6) is 6.37. The SMILES string of the molecule is CC#CCOc1ccc(-c2ccc(Cl)c(=O)n2CC)cc1. The number of hydrogen-bond acceptors (Lipinski definition) is 2. The van der Waals surface area contributed by atoms with Gasteiger partial charge in [0.2, 0.25) is 0 Å². The first-order chi connectivity index (χ1) is 10.2. The van der Waals surface area contributed by atoms with Crippen LogP contribution in [0.1, 0.15) is 13.8 Å². The van der Waals surface area contributed by atoms with Crippen molar-refractivity contribution in [3.05, 3.63) is 51.8 Å². The molecule has 0 spiro atoms. The molecule has 0 bridgehead atoms. The van der Waals surface area contributed by atoms with Crippen molar-refractivity contribution < 1.29 is 4.74 Å². The minimum atomic E-state index is -0.171. The zero-order valence-electron chi connectivity index (χ0n) is 12.0. The van der Waals surface area contributed by atoms with Crippen LogP contribution in [0, 0.1) is 11.8 Å². The Morgan fingerprint density at radius 1 is 1.19 bits per heavy atom. The maximum Gasteiger partial charge on any atom is 0.269 e. The van der Waals surface area contributed by atoms with Crippen LogP contribution in [-0.4, -0.2) is 11.2 Å². The Morgan fingerprint density at radius 2 is 1.90 bits per heavy atom. The second-order valence-electron chi connectivity index (χ2n) is 4.36. The zero-order chi connectivity index (χ0) is 15.2. The van der Waals surface area contributed by atoms with E-state index in [9.17, 15) is 4.79 Å². The standard InChI is InChI=1S/C17H16ClNO2/c1-3-5-12-21-14-8-6-13(7-9-14)16-11-10-15(18)17(20)19(16)4-2/h6-11H,4,12H2,1-2H3. The van der Waals surface area contributed by atoms with Crippen molar-refractivity contribution in [3.63, 3.8) is 0 Å². The van der Waals surface area contributed by atoms with Crippen LogP contribution < -0.4 is 10.3 Å². The van der Waals surface area contributed by atoms with Gasteiger partial charge in [0.1, 0.15) is 17.4 Å². The van der Waals surface area contributed by atoms with E-state index in [-0.39, 0.29) is 10.6 Å². The van der Waals surface area contributed by atoms with Crippen LogP contribution in [0.5, 0.6) is 5.75 Å². The van der Waals surface area contributed by atoms with Gasteiger partial charge in [0.15, 0.2) is 0 Å². The summed E-state index contributed by atoms with van der Waals surface area (Å²) in [6.45, 7) is 4.63. The van der Waals surface area contributed by atoms with E-state index < -0.39 is 0 Å². The number of aromatic nitrogens is 1. The molecule has 108 valence electrons. The lowest BCUT2D eigenvalue weighted by Gasteiger charge is -2.12. The second-order valence-corrected chi connectivity index (χ2v) is 4.76. The Morgan fingerprint density at radius 3 is 2.52 bits per heavy atom. The van der Waals surface area contributed by atoms with Gasteiger partial charge in [-0.2, -0.15) is 0 Å². The van der Waals surface area contributed by atoms with Crippen LogP contribution in [-0.2, 0) is 6.54 Å². The molecule has 0 saturated heterocycles. The minimum absolute atomic E-state index is 0.171. The van der Waals surface area contributed by atoms with Crippen molar-refractivity contribution in [2.24, 2.45) is 0 Å². The number of halogens is 1. The zero-order valence-corrected chi connectivity index (χ0v) is 12.8. The Labute approximate surface area is 129 Å². The van der Waals surface area contributed by atoms with Gasteiger partial charge in [-0.1, -0.05) is 17.5 Å². The summed E-state index contributed by atoms with van der Waals surface area (Å²) in [4.78, 5) is 12.0. The molecule has 4 heteroatoms. The third kappa shape index (κ3) is 3.48. The van der Waals surface area contributed by atoms with Crippen LogP contribution in [0.15, 0.2) is 41.2 Å². The highest BCUT2D eigenvalue weighted by molar-refractivity contribution is 6.30.